The first-order valence-corrected chi connectivity index (χ1v) is 8.83. The summed E-state index contributed by atoms with van der Waals surface area (Å²) in [5, 5.41) is 4.41. The number of hydrogen-bond acceptors (Lipinski definition) is 3. The van der Waals surface area contributed by atoms with Crippen LogP contribution in [0.1, 0.15) is 29.1 Å². The number of rotatable bonds is 3. The second-order valence-electron chi connectivity index (χ2n) is 5.82. The molecular formula is C18H14Cl3N3O2. The molecule has 0 saturated heterocycles. The van der Waals surface area contributed by atoms with E-state index in [0.717, 1.165) is 0 Å². The summed E-state index contributed by atoms with van der Waals surface area (Å²) in [4.78, 5) is 29.5. The van der Waals surface area contributed by atoms with Crippen LogP contribution in [0.15, 0.2) is 41.2 Å². The van der Waals surface area contributed by atoms with Crippen LogP contribution in [-0.4, -0.2) is 15.5 Å². The van der Waals surface area contributed by atoms with E-state index in [1.165, 1.54) is 10.6 Å². The number of aromatic nitrogens is 2. The zero-order valence-electron chi connectivity index (χ0n) is 13.9. The summed E-state index contributed by atoms with van der Waals surface area (Å²) in [6, 6.07) is 8.99. The second kappa shape index (κ2) is 7.27. The quantitative estimate of drug-likeness (QED) is 0.697. The molecular weight excluding hydrogens is 397 g/mol. The number of carbonyl (C=O) groups is 1. The van der Waals surface area contributed by atoms with Crippen LogP contribution in [0.25, 0.3) is 10.9 Å². The Kier molecular flexibility index (Phi) is 5.23. The lowest BCUT2D eigenvalue weighted by atomic mass is 10.2. The topological polar surface area (TPSA) is 64.0 Å². The summed E-state index contributed by atoms with van der Waals surface area (Å²) >= 11 is 17.8. The molecule has 5 nitrogen and oxygen atoms in total. The molecule has 0 aliphatic heterocycles. The van der Waals surface area contributed by atoms with Crippen LogP contribution in [0.3, 0.4) is 0 Å². The van der Waals surface area contributed by atoms with E-state index in [4.69, 9.17) is 34.8 Å². The molecule has 0 bridgehead atoms. The van der Waals surface area contributed by atoms with E-state index in [9.17, 15) is 9.59 Å². The fraction of sp³-hybridized carbons (Fsp3) is 0.167. The molecule has 8 heteroatoms. The summed E-state index contributed by atoms with van der Waals surface area (Å²) < 4.78 is 1.41. The first kappa shape index (κ1) is 18.7. The van der Waals surface area contributed by atoms with Gasteiger partial charge >= 0.3 is 0 Å². The molecule has 0 saturated carbocycles. The molecule has 26 heavy (non-hydrogen) atoms. The minimum atomic E-state index is -0.516. The number of hydrogen-bond donors (Lipinski definition) is 1. The lowest BCUT2D eigenvalue weighted by Crippen LogP contribution is -2.32. The molecule has 1 N–H and O–H groups in total. The second-order valence-corrected chi connectivity index (χ2v) is 7.07. The number of halogens is 3. The van der Waals surface area contributed by atoms with Gasteiger partial charge in [0.25, 0.3) is 11.5 Å². The van der Waals surface area contributed by atoms with Gasteiger partial charge in [0.2, 0.25) is 0 Å². The minimum absolute atomic E-state index is 0.211. The standard InChI is InChI=1S/C18H14Cl3N3O2/c1-9(22-17(25)10-3-6-13(20)14(21)7-10)16-23-15-8-11(19)4-5-12(15)18(26)24(16)2/h3-9H,1-2H3,(H,22,25)/t9-/m1/s1. The van der Waals surface area contributed by atoms with Crippen LogP contribution in [0.5, 0.6) is 0 Å². The molecule has 1 amide bonds. The Labute approximate surface area is 164 Å². The highest BCUT2D eigenvalue weighted by Crippen LogP contribution is 2.23. The molecule has 3 rings (SSSR count). The van der Waals surface area contributed by atoms with Gasteiger partial charge in [0.15, 0.2) is 0 Å². The SMILES string of the molecule is C[C@@H](NC(=O)c1ccc(Cl)c(Cl)c1)c1nc2cc(Cl)ccc2c(=O)n1C. The monoisotopic (exact) mass is 409 g/mol. The van der Waals surface area contributed by atoms with Gasteiger partial charge in [0.05, 0.1) is 27.0 Å². The molecule has 0 fully saturated rings. The van der Waals surface area contributed by atoms with E-state index in [1.54, 1.807) is 44.3 Å². The van der Waals surface area contributed by atoms with Crippen LogP contribution in [0.4, 0.5) is 0 Å². The van der Waals surface area contributed by atoms with Gasteiger partial charge in [-0.25, -0.2) is 4.98 Å². The summed E-state index contributed by atoms with van der Waals surface area (Å²) in [6.07, 6.45) is 0. The van der Waals surface area contributed by atoms with Gasteiger partial charge < -0.3 is 5.32 Å². The van der Waals surface area contributed by atoms with E-state index in [0.29, 0.717) is 32.3 Å². The third-order valence-corrected chi connectivity index (χ3v) is 4.96. The van der Waals surface area contributed by atoms with Gasteiger partial charge in [-0.05, 0) is 43.3 Å². The van der Waals surface area contributed by atoms with E-state index in [2.05, 4.69) is 10.3 Å². The highest BCUT2D eigenvalue weighted by molar-refractivity contribution is 6.42. The van der Waals surface area contributed by atoms with Crippen molar-refractivity contribution in [3.05, 3.63) is 73.2 Å². The molecule has 1 heterocycles. The van der Waals surface area contributed by atoms with Crippen molar-refractivity contribution in [2.24, 2.45) is 7.05 Å². The maximum Gasteiger partial charge on any atom is 0.261 e. The minimum Gasteiger partial charge on any atom is -0.342 e. The molecule has 0 aliphatic carbocycles. The molecule has 1 aromatic heterocycles. The molecule has 0 unspecified atom stereocenters. The first-order valence-electron chi connectivity index (χ1n) is 7.70. The Morgan fingerprint density at radius 2 is 1.85 bits per heavy atom. The lowest BCUT2D eigenvalue weighted by molar-refractivity contribution is 0.0937. The Balaban J connectivity index is 1.95. The number of benzene rings is 2. The third kappa shape index (κ3) is 3.56. The van der Waals surface area contributed by atoms with E-state index in [1.807, 2.05) is 0 Å². The van der Waals surface area contributed by atoms with Gasteiger partial charge in [-0.3, -0.25) is 14.2 Å². The molecule has 2 aromatic carbocycles. The molecule has 3 aromatic rings. The highest BCUT2D eigenvalue weighted by Gasteiger charge is 2.18. The zero-order valence-corrected chi connectivity index (χ0v) is 16.2. The van der Waals surface area contributed by atoms with E-state index >= 15 is 0 Å². The third-order valence-electron chi connectivity index (χ3n) is 3.99. The van der Waals surface area contributed by atoms with Gasteiger partial charge in [-0.15, -0.1) is 0 Å². The number of amides is 1. The Bertz CT molecular complexity index is 1080. The lowest BCUT2D eigenvalue weighted by Gasteiger charge is -2.17. The van der Waals surface area contributed by atoms with Gasteiger partial charge in [0.1, 0.15) is 5.82 Å². The number of carbonyl (C=O) groups excluding carboxylic acids is 1. The van der Waals surface area contributed by atoms with Crippen molar-refractivity contribution in [3.63, 3.8) is 0 Å². The molecule has 0 aliphatic rings. The van der Waals surface area contributed by atoms with Crippen LogP contribution < -0.4 is 10.9 Å². The summed E-state index contributed by atoms with van der Waals surface area (Å²) in [7, 11) is 1.61. The van der Waals surface area contributed by atoms with Crippen molar-refractivity contribution in [2.75, 3.05) is 0 Å². The molecule has 0 spiro atoms. The van der Waals surface area contributed by atoms with Gasteiger partial charge in [-0.1, -0.05) is 34.8 Å². The van der Waals surface area contributed by atoms with Gasteiger partial charge in [-0.2, -0.15) is 0 Å². The van der Waals surface area contributed by atoms with Crippen LogP contribution in [-0.2, 0) is 7.05 Å². The van der Waals surface area contributed by atoms with Crippen molar-refractivity contribution in [2.45, 2.75) is 13.0 Å². The summed E-state index contributed by atoms with van der Waals surface area (Å²) in [5.74, 6) is 0.0645. The molecule has 1 atom stereocenters. The summed E-state index contributed by atoms with van der Waals surface area (Å²) in [6.45, 7) is 1.74. The number of nitrogens with zero attached hydrogens (tertiary/aromatic N) is 2. The molecule has 0 radical (unpaired) electrons. The average Bonchev–Trinajstić information content (AvgIpc) is 2.60. The predicted octanol–water partition coefficient (Wildman–Crippen LogP) is 4.38. The maximum absolute atomic E-state index is 12.5. The largest absolute Gasteiger partial charge is 0.342 e. The van der Waals surface area contributed by atoms with E-state index in [-0.39, 0.29) is 16.5 Å². The number of nitrogens with one attached hydrogen (secondary N) is 1. The summed E-state index contributed by atoms with van der Waals surface area (Å²) in [5.41, 5.74) is 0.628. The average molecular weight is 411 g/mol. The Morgan fingerprint density at radius 3 is 2.54 bits per heavy atom. The van der Waals surface area contributed by atoms with Crippen molar-refractivity contribution in [1.82, 2.24) is 14.9 Å². The van der Waals surface area contributed by atoms with Crippen LogP contribution >= 0.6 is 34.8 Å². The maximum atomic E-state index is 12.5. The van der Waals surface area contributed by atoms with Crippen molar-refractivity contribution in [1.29, 1.82) is 0 Å². The fourth-order valence-corrected chi connectivity index (χ4v) is 3.09. The predicted molar refractivity (Wildman–Crippen MR) is 104 cm³/mol. The van der Waals surface area contributed by atoms with Crippen LogP contribution in [0, 0.1) is 0 Å². The Hall–Kier alpha value is -2.08. The van der Waals surface area contributed by atoms with Crippen molar-refractivity contribution >= 4 is 51.6 Å². The fourth-order valence-electron chi connectivity index (χ4n) is 2.63. The smallest absolute Gasteiger partial charge is 0.261 e. The Morgan fingerprint density at radius 1 is 1.12 bits per heavy atom. The first-order chi connectivity index (χ1) is 12.3. The van der Waals surface area contributed by atoms with Gasteiger partial charge in [0, 0.05) is 17.6 Å². The zero-order chi connectivity index (χ0) is 19.0. The highest BCUT2D eigenvalue weighted by atomic mass is 35.5. The molecule has 134 valence electrons. The van der Waals surface area contributed by atoms with E-state index < -0.39 is 6.04 Å². The number of fused-ring (bicyclic) bond motifs is 1. The van der Waals surface area contributed by atoms with Crippen molar-refractivity contribution in [3.8, 4) is 0 Å². The van der Waals surface area contributed by atoms with Crippen LogP contribution in [0.2, 0.25) is 15.1 Å². The normalized spacial score (nSPS) is 12.2. The van der Waals surface area contributed by atoms with Crippen molar-refractivity contribution < 1.29 is 4.79 Å².